The number of amides is 1. The molecule has 0 saturated heterocycles. The maximum atomic E-state index is 12.1. The molecule has 0 spiro atoms. The first kappa shape index (κ1) is 14.6. The Bertz CT molecular complexity index is 557. The van der Waals surface area contributed by atoms with Crippen LogP contribution in [0.5, 0.6) is 0 Å². The summed E-state index contributed by atoms with van der Waals surface area (Å²) in [6.45, 7) is 0.355. The summed E-state index contributed by atoms with van der Waals surface area (Å²) in [5.41, 5.74) is 6.69. The minimum absolute atomic E-state index is 0.157. The molecule has 1 amide bonds. The second-order valence-corrected chi connectivity index (χ2v) is 5.23. The minimum Gasteiger partial charge on any atom is -0.394 e. The van der Waals surface area contributed by atoms with E-state index in [1.807, 2.05) is 30.3 Å². The quantitative estimate of drug-likeness (QED) is 0.744. The van der Waals surface area contributed by atoms with Crippen LogP contribution in [0.2, 0.25) is 0 Å². The molecule has 106 valence electrons. The third kappa shape index (κ3) is 3.63. The van der Waals surface area contributed by atoms with Crippen LogP contribution < -0.4 is 11.1 Å². The van der Waals surface area contributed by atoms with Crippen molar-refractivity contribution in [3.05, 3.63) is 52.0 Å². The maximum Gasteiger partial charge on any atom is 0.271 e. The van der Waals surface area contributed by atoms with E-state index in [0.717, 1.165) is 10.6 Å². The number of thiazole rings is 1. The van der Waals surface area contributed by atoms with Crippen molar-refractivity contribution in [1.29, 1.82) is 0 Å². The number of aliphatic hydroxyl groups excluding tert-OH is 1. The summed E-state index contributed by atoms with van der Waals surface area (Å²) in [4.78, 5) is 16.3. The van der Waals surface area contributed by atoms with Gasteiger partial charge in [0.05, 0.1) is 17.7 Å². The summed E-state index contributed by atoms with van der Waals surface area (Å²) in [6, 6.07) is 8.92. The van der Waals surface area contributed by atoms with E-state index >= 15 is 0 Å². The Morgan fingerprint density at radius 3 is 2.80 bits per heavy atom. The molecule has 5 nitrogen and oxygen atoms in total. The van der Waals surface area contributed by atoms with Gasteiger partial charge in [0, 0.05) is 11.8 Å². The summed E-state index contributed by atoms with van der Waals surface area (Å²) in [6.07, 6.45) is 0.667. The van der Waals surface area contributed by atoms with Crippen molar-refractivity contribution >= 4 is 17.2 Å². The van der Waals surface area contributed by atoms with Crippen LogP contribution in [0.25, 0.3) is 0 Å². The summed E-state index contributed by atoms with van der Waals surface area (Å²) in [7, 11) is 0. The molecule has 6 heteroatoms. The van der Waals surface area contributed by atoms with E-state index in [4.69, 9.17) is 5.73 Å². The molecule has 1 aromatic heterocycles. The lowest BCUT2D eigenvalue weighted by atomic mass is 10.1. The van der Waals surface area contributed by atoms with Gasteiger partial charge in [-0.3, -0.25) is 4.79 Å². The fourth-order valence-electron chi connectivity index (χ4n) is 1.81. The van der Waals surface area contributed by atoms with Crippen LogP contribution in [0.4, 0.5) is 0 Å². The van der Waals surface area contributed by atoms with Crippen LogP contribution in [0.3, 0.4) is 0 Å². The predicted octanol–water partition coefficient (Wildman–Crippen LogP) is 1.11. The van der Waals surface area contributed by atoms with E-state index < -0.39 is 6.04 Å². The lowest BCUT2D eigenvalue weighted by molar-refractivity contribution is 0.0911. The summed E-state index contributed by atoms with van der Waals surface area (Å²) < 4.78 is 0. The highest BCUT2D eigenvalue weighted by Crippen LogP contribution is 2.14. The van der Waals surface area contributed by atoms with Crippen molar-refractivity contribution in [2.24, 2.45) is 5.73 Å². The maximum absolute atomic E-state index is 12.1. The largest absolute Gasteiger partial charge is 0.394 e. The minimum atomic E-state index is -0.427. The van der Waals surface area contributed by atoms with E-state index in [9.17, 15) is 9.90 Å². The number of benzene rings is 1. The number of rotatable bonds is 6. The number of carbonyl (C=O) groups excluding carboxylic acids is 1. The van der Waals surface area contributed by atoms with Crippen molar-refractivity contribution in [2.45, 2.75) is 12.5 Å². The summed E-state index contributed by atoms with van der Waals surface area (Å²) >= 11 is 1.42. The average Bonchev–Trinajstić information content (AvgIpc) is 2.94. The van der Waals surface area contributed by atoms with Crippen LogP contribution >= 0.6 is 11.3 Å². The molecule has 0 bridgehead atoms. The fourth-order valence-corrected chi connectivity index (χ4v) is 2.60. The number of hydrogen-bond donors (Lipinski definition) is 3. The van der Waals surface area contributed by atoms with E-state index in [1.165, 1.54) is 11.3 Å². The molecule has 2 rings (SSSR count). The molecule has 4 N–H and O–H groups in total. The van der Waals surface area contributed by atoms with Gasteiger partial charge in [0.15, 0.2) is 0 Å². The van der Waals surface area contributed by atoms with Crippen molar-refractivity contribution in [3.63, 3.8) is 0 Å². The van der Waals surface area contributed by atoms with E-state index in [2.05, 4.69) is 10.3 Å². The van der Waals surface area contributed by atoms with E-state index in [0.29, 0.717) is 18.7 Å². The van der Waals surface area contributed by atoms with Crippen LogP contribution in [0.1, 0.15) is 27.1 Å². The fraction of sp³-hybridized carbons (Fsp3) is 0.286. The van der Waals surface area contributed by atoms with E-state index in [-0.39, 0.29) is 12.5 Å². The van der Waals surface area contributed by atoms with Gasteiger partial charge in [-0.15, -0.1) is 11.3 Å². The lowest BCUT2D eigenvalue weighted by Gasteiger charge is -2.15. The lowest BCUT2D eigenvalue weighted by Crippen LogP contribution is -2.31. The Hall–Kier alpha value is -1.76. The highest BCUT2D eigenvalue weighted by Gasteiger charge is 2.16. The van der Waals surface area contributed by atoms with E-state index in [1.54, 1.807) is 5.38 Å². The Balaban J connectivity index is 2.05. The van der Waals surface area contributed by atoms with Crippen LogP contribution in [0.15, 0.2) is 35.7 Å². The number of nitrogens with one attached hydrogen (secondary N) is 1. The molecule has 1 atom stereocenters. The van der Waals surface area contributed by atoms with Gasteiger partial charge in [-0.1, -0.05) is 30.3 Å². The molecule has 0 aliphatic rings. The van der Waals surface area contributed by atoms with Crippen molar-refractivity contribution in [2.75, 3.05) is 13.2 Å². The molecule has 0 aliphatic carbocycles. The second kappa shape index (κ2) is 7.14. The van der Waals surface area contributed by atoms with Gasteiger partial charge in [-0.05, 0) is 12.1 Å². The van der Waals surface area contributed by atoms with Crippen LogP contribution in [-0.2, 0) is 6.42 Å². The molecule has 0 fully saturated rings. The zero-order chi connectivity index (χ0) is 14.4. The zero-order valence-corrected chi connectivity index (χ0v) is 11.8. The summed E-state index contributed by atoms with van der Waals surface area (Å²) in [5.74, 6) is -0.285. The number of hydrogen-bond acceptors (Lipinski definition) is 5. The third-order valence-corrected chi connectivity index (χ3v) is 3.74. The molecule has 0 saturated carbocycles. The Morgan fingerprint density at radius 2 is 2.15 bits per heavy atom. The zero-order valence-electron chi connectivity index (χ0n) is 11.0. The van der Waals surface area contributed by atoms with Gasteiger partial charge in [0.1, 0.15) is 5.69 Å². The van der Waals surface area contributed by atoms with Crippen molar-refractivity contribution in [1.82, 2.24) is 10.3 Å². The molecule has 1 unspecified atom stereocenters. The van der Waals surface area contributed by atoms with Gasteiger partial charge in [0.25, 0.3) is 5.91 Å². The number of aliphatic hydroxyl groups is 1. The first-order chi connectivity index (χ1) is 9.74. The van der Waals surface area contributed by atoms with Crippen molar-refractivity contribution in [3.8, 4) is 0 Å². The standard InChI is InChI=1S/C14H17N3O2S/c15-7-6-13-16-12(9-20-13)14(19)17-11(8-18)10-4-2-1-3-5-10/h1-5,9,11,18H,6-8,15H2,(H,17,19). The monoisotopic (exact) mass is 291 g/mol. The molecule has 20 heavy (non-hydrogen) atoms. The van der Waals surface area contributed by atoms with Crippen LogP contribution in [0, 0.1) is 0 Å². The Kier molecular flexibility index (Phi) is 5.23. The first-order valence-electron chi connectivity index (χ1n) is 6.35. The molecule has 1 aromatic carbocycles. The smallest absolute Gasteiger partial charge is 0.271 e. The topological polar surface area (TPSA) is 88.2 Å². The normalized spacial score (nSPS) is 12.1. The first-order valence-corrected chi connectivity index (χ1v) is 7.23. The number of aromatic nitrogens is 1. The van der Waals surface area contributed by atoms with Gasteiger partial charge in [-0.2, -0.15) is 0 Å². The molecule has 2 aromatic rings. The summed E-state index contributed by atoms with van der Waals surface area (Å²) in [5, 5.41) is 14.7. The highest BCUT2D eigenvalue weighted by molar-refractivity contribution is 7.09. The molecular weight excluding hydrogens is 274 g/mol. The molecule has 1 heterocycles. The van der Waals surface area contributed by atoms with Gasteiger partial charge >= 0.3 is 0 Å². The van der Waals surface area contributed by atoms with Gasteiger partial charge in [0.2, 0.25) is 0 Å². The SMILES string of the molecule is NCCc1nc(C(=O)NC(CO)c2ccccc2)cs1. The third-order valence-electron chi connectivity index (χ3n) is 2.83. The molecule has 0 aliphatic heterocycles. The van der Waals surface area contributed by atoms with Gasteiger partial charge in [-0.25, -0.2) is 4.98 Å². The number of nitrogens with two attached hydrogens (primary N) is 1. The predicted molar refractivity (Wildman–Crippen MR) is 78.6 cm³/mol. The Morgan fingerprint density at radius 1 is 1.40 bits per heavy atom. The number of carbonyl (C=O) groups is 1. The highest BCUT2D eigenvalue weighted by atomic mass is 32.1. The molecule has 0 radical (unpaired) electrons. The number of nitrogens with zero attached hydrogens (tertiary/aromatic N) is 1. The van der Waals surface area contributed by atoms with Gasteiger partial charge < -0.3 is 16.2 Å². The second-order valence-electron chi connectivity index (χ2n) is 4.28. The Labute approximate surface area is 121 Å². The average molecular weight is 291 g/mol. The van der Waals surface area contributed by atoms with Crippen molar-refractivity contribution < 1.29 is 9.90 Å². The molecular formula is C14H17N3O2S. The van der Waals surface area contributed by atoms with Crippen LogP contribution in [-0.4, -0.2) is 29.1 Å².